The third-order valence-corrected chi connectivity index (χ3v) is 7.66. The Morgan fingerprint density at radius 2 is 1.76 bits per heavy atom. The standard InChI is InChI=1S/C22H28N8O3S/c1-17-9-10-18(15-20(17)34(32,33)27(2)3)23-21(31)16-28-11-13-29(14-12-28)22-24-25-26-30(22)19-7-5-4-6-8-19/h4-10,15H,11-14,16H2,1-3H3,(H,23,31). The highest BCUT2D eigenvalue weighted by molar-refractivity contribution is 7.89. The molecule has 0 saturated carbocycles. The van der Waals surface area contributed by atoms with Crippen molar-refractivity contribution in [3.05, 3.63) is 54.1 Å². The van der Waals surface area contributed by atoms with E-state index in [2.05, 4.69) is 25.7 Å². The predicted octanol–water partition coefficient (Wildman–Crippen LogP) is 0.982. The summed E-state index contributed by atoms with van der Waals surface area (Å²) in [7, 11) is -0.628. The number of benzene rings is 2. The molecule has 2 heterocycles. The van der Waals surface area contributed by atoms with Gasteiger partial charge < -0.3 is 10.2 Å². The number of hydrogen-bond donors (Lipinski definition) is 1. The molecule has 0 atom stereocenters. The van der Waals surface area contributed by atoms with Crippen LogP contribution in [0.1, 0.15) is 5.56 Å². The summed E-state index contributed by atoms with van der Waals surface area (Å²) in [5.41, 5.74) is 1.97. The summed E-state index contributed by atoms with van der Waals surface area (Å²) in [6.45, 7) is 4.63. The first-order chi connectivity index (χ1) is 16.3. The van der Waals surface area contributed by atoms with E-state index >= 15 is 0 Å². The number of aromatic nitrogens is 4. The Bertz CT molecular complexity index is 1250. The number of rotatable bonds is 7. The first-order valence-electron chi connectivity index (χ1n) is 10.9. The molecule has 1 N–H and O–H groups in total. The molecule has 3 aromatic rings. The van der Waals surface area contributed by atoms with Crippen LogP contribution < -0.4 is 10.2 Å². The largest absolute Gasteiger partial charge is 0.337 e. The lowest BCUT2D eigenvalue weighted by molar-refractivity contribution is -0.117. The van der Waals surface area contributed by atoms with E-state index in [-0.39, 0.29) is 17.3 Å². The number of tetrazole rings is 1. The van der Waals surface area contributed by atoms with Crippen molar-refractivity contribution in [3.63, 3.8) is 0 Å². The van der Waals surface area contributed by atoms with Crippen LogP contribution in [0, 0.1) is 6.92 Å². The third-order valence-electron chi connectivity index (χ3n) is 5.71. The van der Waals surface area contributed by atoms with Gasteiger partial charge in [0, 0.05) is 46.0 Å². The van der Waals surface area contributed by atoms with Gasteiger partial charge >= 0.3 is 0 Å². The van der Waals surface area contributed by atoms with E-state index < -0.39 is 10.0 Å². The average Bonchev–Trinajstić information content (AvgIpc) is 3.31. The minimum absolute atomic E-state index is 0.181. The molecule has 34 heavy (non-hydrogen) atoms. The Labute approximate surface area is 199 Å². The fourth-order valence-corrected chi connectivity index (χ4v) is 4.92. The normalized spacial score (nSPS) is 15.0. The Morgan fingerprint density at radius 1 is 1.06 bits per heavy atom. The molecule has 11 nitrogen and oxygen atoms in total. The van der Waals surface area contributed by atoms with Crippen LogP contribution in [0.4, 0.5) is 11.6 Å². The van der Waals surface area contributed by atoms with Crippen molar-refractivity contribution in [1.82, 2.24) is 29.4 Å². The molecule has 1 fully saturated rings. The van der Waals surface area contributed by atoms with E-state index in [1.165, 1.54) is 20.2 Å². The van der Waals surface area contributed by atoms with Gasteiger partial charge in [-0.05, 0) is 47.2 Å². The zero-order chi connectivity index (χ0) is 24.3. The minimum atomic E-state index is -3.60. The molecular weight excluding hydrogens is 456 g/mol. The van der Waals surface area contributed by atoms with Gasteiger partial charge in [0.25, 0.3) is 0 Å². The summed E-state index contributed by atoms with van der Waals surface area (Å²) in [4.78, 5) is 17.0. The molecule has 0 aliphatic carbocycles. The lowest BCUT2D eigenvalue weighted by Gasteiger charge is -2.34. The molecule has 0 bridgehead atoms. The highest BCUT2D eigenvalue weighted by Crippen LogP contribution is 2.22. The maximum atomic E-state index is 12.6. The monoisotopic (exact) mass is 484 g/mol. The Morgan fingerprint density at radius 3 is 2.44 bits per heavy atom. The number of hydrogen-bond acceptors (Lipinski definition) is 8. The van der Waals surface area contributed by atoms with Gasteiger partial charge in [0.2, 0.25) is 21.9 Å². The average molecular weight is 485 g/mol. The molecular formula is C22H28N8O3S. The highest BCUT2D eigenvalue weighted by Gasteiger charge is 2.24. The number of amides is 1. The molecule has 1 amide bonds. The van der Waals surface area contributed by atoms with Crippen molar-refractivity contribution in [2.45, 2.75) is 11.8 Å². The van der Waals surface area contributed by atoms with Crippen LogP contribution in [0.15, 0.2) is 53.4 Å². The topological polar surface area (TPSA) is 117 Å². The minimum Gasteiger partial charge on any atom is -0.337 e. The molecule has 0 spiro atoms. The SMILES string of the molecule is Cc1ccc(NC(=O)CN2CCN(c3nnnn3-c3ccccc3)CC2)cc1S(=O)(=O)N(C)C. The van der Waals surface area contributed by atoms with Crippen molar-refractivity contribution in [1.29, 1.82) is 0 Å². The number of aryl methyl sites for hydroxylation is 1. The van der Waals surface area contributed by atoms with E-state index in [1.54, 1.807) is 23.7 Å². The number of sulfonamides is 1. The Balaban J connectivity index is 1.35. The predicted molar refractivity (Wildman–Crippen MR) is 128 cm³/mol. The van der Waals surface area contributed by atoms with Crippen LogP contribution in [0.5, 0.6) is 0 Å². The molecule has 1 aliphatic heterocycles. The lowest BCUT2D eigenvalue weighted by atomic mass is 10.2. The van der Waals surface area contributed by atoms with Crippen LogP contribution in [-0.4, -0.2) is 90.6 Å². The van der Waals surface area contributed by atoms with E-state index in [4.69, 9.17) is 0 Å². The second kappa shape index (κ2) is 9.87. The summed E-state index contributed by atoms with van der Waals surface area (Å²) in [6, 6.07) is 14.6. The molecule has 4 rings (SSSR count). The number of anilines is 2. The number of nitrogens with zero attached hydrogens (tertiary/aromatic N) is 7. The number of carbonyl (C=O) groups is 1. The van der Waals surface area contributed by atoms with Gasteiger partial charge in [-0.15, -0.1) is 0 Å². The molecule has 2 aromatic carbocycles. The number of para-hydroxylation sites is 1. The van der Waals surface area contributed by atoms with Gasteiger partial charge in [-0.3, -0.25) is 9.69 Å². The van der Waals surface area contributed by atoms with Crippen LogP contribution in [0.2, 0.25) is 0 Å². The maximum Gasteiger partial charge on any atom is 0.250 e. The van der Waals surface area contributed by atoms with Crippen LogP contribution in [0.3, 0.4) is 0 Å². The molecule has 1 saturated heterocycles. The maximum absolute atomic E-state index is 12.6. The van der Waals surface area contributed by atoms with Crippen molar-refractivity contribution in [2.75, 3.05) is 57.0 Å². The van der Waals surface area contributed by atoms with E-state index in [0.717, 1.165) is 9.99 Å². The third kappa shape index (κ3) is 5.08. The van der Waals surface area contributed by atoms with Gasteiger partial charge in [0.1, 0.15) is 0 Å². The second-order valence-corrected chi connectivity index (χ2v) is 10.4. The fourth-order valence-electron chi connectivity index (χ4n) is 3.78. The highest BCUT2D eigenvalue weighted by atomic mass is 32.2. The zero-order valence-corrected chi connectivity index (χ0v) is 20.2. The van der Waals surface area contributed by atoms with Gasteiger partial charge in [-0.1, -0.05) is 29.4 Å². The summed E-state index contributed by atoms with van der Waals surface area (Å²) in [5, 5.41) is 14.9. The van der Waals surface area contributed by atoms with Crippen LogP contribution in [0.25, 0.3) is 5.69 Å². The molecule has 12 heteroatoms. The summed E-state index contributed by atoms with van der Waals surface area (Å²) in [6.07, 6.45) is 0. The summed E-state index contributed by atoms with van der Waals surface area (Å²) < 4.78 is 27.9. The first kappa shape index (κ1) is 23.8. The van der Waals surface area contributed by atoms with Crippen molar-refractivity contribution < 1.29 is 13.2 Å². The lowest BCUT2D eigenvalue weighted by Crippen LogP contribution is -2.49. The van der Waals surface area contributed by atoms with Gasteiger partial charge in [0.15, 0.2) is 0 Å². The zero-order valence-electron chi connectivity index (χ0n) is 19.4. The Kier molecular flexibility index (Phi) is 6.91. The Hall–Kier alpha value is -3.35. The molecule has 1 aromatic heterocycles. The second-order valence-electron chi connectivity index (χ2n) is 8.31. The quantitative estimate of drug-likeness (QED) is 0.528. The molecule has 0 unspecified atom stereocenters. The van der Waals surface area contributed by atoms with Gasteiger partial charge in [-0.25, -0.2) is 12.7 Å². The molecule has 1 aliphatic rings. The van der Waals surface area contributed by atoms with Gasteiger partial charge in [-0.2, -0.15) is 4.68 Å². The van der Waals surface area contributed by atoms with E-state index in [1.807, 2.05) is 35.2 Å². The van der Waals surface area contributed by atoms with E-state index in [0.29, 0.717) is 43.4 Å². The number of carbonyl (C=O) groups excluding carboxylic acids is 1. The number of nitrogens with one attached hydrogen (secondary N) is 1. The fraction of sp³-hybridized carbons (Fsp3) is 0.364. The van der Waals surface area contributed by atoms with E-state index in [9.17, 15) is 13.2 Å². The van der Waals surface area contributed by atoms with Crippen molar-refractivity contribution in [3.8, 4) is 5.69 Å². The van der Waals surface area contributed by atoms with Gasteiger partial charge in [0.05, 0.1) is 17.1 Å². The smallest absolute Gasteiger partial charge is 0.250 e. The molecule has 180 valence electrons. The van der Waals surface area contributed by atoms with Crippen LogP contribution >= 0.6 is 0 Å². The van der Waals surface area contributed by atoms with Crippen LogP contribution in [-0.2, 0) is 14.8 Å². The molecule has 0 radical (unpaired) electrons. The summed E-state index contributed by atoms with van der Waals surface area (Å²) in [5.74, 6) is 0.476. The van der Waals surface area contributed by atoms with Crippen molar-refractivity contribution >= 4 is 27.6 Å². The van der Waals surface area contributed by atoms with Crippen molar-refractivity contribution in [2.24, 2.45) is 0 Å². The summed E-state index contributed by atoms with van der Waals surface area (Å²) >= 11 is 0. The number of piperazine rings is 1. The first-order valence-corrected chi connectivity index (χ1v) is 12.3.